The highest BCUT2D eigenvalue weighted by atomic mass is 16.5. The fraction of sp³-hybridized carbons (Fsp3) is 0.400. The third-order valence-corrected chi connectivity index (χ3v) is 3.52. The zero-order valence-electron chi connectivity index (χ0n) is 11.9. The van der Waals surface area contributed by atoms with Crippen molar-refractivity contribution in [1.82, 2.24) is 15.2 Å². The second kappa shape index (κ2) is 5.95. The van der Waals surface area contributed by atoms with Gasteiger partial charge in [-0.05, 0) is 56.9 Å². The van der Waals surface area contributed by atoms with Crippen LogP contribution in [0, 0.1) is 6.92 Å². The van der Waals surface area contributed by atoms with Crippen LogP contribution in [0.2, 0.25) is 0 Å². The monoisotopic (exact) mass is 286 g/mol. The highest BCUT2D eigenvalue weighted by molar-refractivity contribution is 6.01. The molecule has 3 rings (SSSR count). The van der Waals surface area contributed by atoms with Crippen LogP contribution in [0.3, 0.4) is 0 Å². The third-order valence-electron chi connectivity index (χ3n) is 3.52. The summed E-state index contributed by atoms with van der Waals surface area (Å²) in [5.74, 6) is 1.26. The van der Waals surface area contributed by atoms with E-state index in [0.29, 0.717) is 17.6 Å². The first-order valence-electron chi connectivity index (χ1n) is 7.18. The lowest BCUT2D eigenvalue weighted by Gasteiger charge is -2.13. The highest BCUT2D eigenvalue weighted by Crippen LogP contribution is 2.25. The molecule has 2 aromatic rings. The van der Waals surface area contributed by atoms with Crippen molar-refractivity contribution in [3.8, 4) is 5.75 Å². The maximum Gasteiger partial charge on any atom is 0.295 e. The number of carbonyl (C=O) groups excluding carboxylic acids is 1. The number of nitrogens with one attached hydrogen (secondary N) is 2. The molecule has 0 aliphatic heterocycles. The molecule has 21 heavy (non-hydrogen) atoms. The van der Waals surface area contributed by atoms with Crippen molar-refractivity contribution in [2.24, 2.45) is 0 Å². The molecule has 0 unspecified atom stereocenters. The van der Waals surface area contributed by atoms with Gasteiger partial charge in [-0.1, -0.05) is 0 Å². The van der Waals surface area contributed by atoms with Crippen LogP contribution < -0.4 is 10.1 Å². The smallest absolute Gasteiger partial charge is 0.295 e. The molecule has 1 aromatic carbocycles. The lowest BCUT2D eigenvalue weighted by molar-refractivity contribution is 0.101. The number of carbonyl (C=O) groups is 1. The van der Waals surface area contributed by atoms with E-state index < -0.39 is 0 Å². The molecule has 2 N–H and O–H groups in total. The third kappa shape index (κ3) is 3.39. The molecule has 6 heteroatoms. The van der Waals surface area contributed by atoms with Crippen molar-refractivity contribution >= 4 is 11.6 Å². The van der Waals surface area contributed by atoms with Crippen LogP contribution in [0.15, 0.2) is 24.3 Å². The van der Waals surface area contributed by atoms with E-state index in [1.807, 2.05) is 24.3 Å². The number of hydrogen-bond acceptors (Lipinski definition) is 4. The van der Waals surface area contributed by atoms with Crippen LogP contribution in [0.5, 0.6) is 5.75 Å². The Morgan fingerprint density at radius 3 is 2.62 bits per heavy atom. The van der Waals surface area contributed by atoms with Crippen molar-refractivity contribution in [3.05, 3.63) is 35.9 Å². The summed E-state index contributed by atoms with van der Waals surface area (Å²) >= 11 is 0. The predicted octanol–water partition coefficient (Wildman–Crippen LogP) is 2.69. The summed E-state index contributed by atoms with van der Waals surface area (Å²) in [6.45, 7) is 1.75. The van der Waals surface area contributed by atoms with Gasteiger partial charge in [-0.15, -0.1) is 5.10 Å². The number of amides is 1. The summed E-state index contributed by atoms with van der Waals surface area (Å²) in [6, 6.07) is 7.39. The van der Waals surface area contributed by atoms with Crippen LogP contribution in [0.1, 0.15) is 42.1 Å². The van der Waals surface area contributed by atoms with Gasteiger partial charge in [0, 0.05) is 5.69 Å². The van der Waals surface area contributed by atoms with Crippen molar-refractivity contribution in [2.45, 2.75) is 38.7 Å². The van der Waals surface area contributed by atoms with Gasteiger partial charge in [-0.2, -0.15) is 0 Å². The van der Waals surface area contributed by atoms with Gasteiger partial charge in [0.1, 0.15) is 11.6 Å². The molecule has 1 aromatic heterocycles. The summed E-state index contributed by atoms with van der Waals surface area (Å²) in [5.41, 5.74) is 0.696. The van der Waals surface area contributed by atoms with Gasteiger partial charge in [-0.25, -0.2) is 4.98 Å². The molecule has 6 nitrogen and oxygen atoms in total. The number of hydrogen-bond donors (Lipinski definition) is 2. The zero-order chi connectivity index (χ0) is 14.7. The number of rotatable bonds is 4. The van der Waals surface area contributed by atoms with Crippen LogP contribution in [0.4, 0.5) is 5.69 Å². The van der Waals surface area contributed by atoms with Crippen LogP contribution in [0.25, 0.3) is 0 Å². The molecule has 1 amide bonds. The van der Waals surface area contributed by atoms with E-state index in [4.69, 9.17) is 4.74 Å². The fourth-order valence-corrected chi connectivity index (χ4v) is 2.45. The number of H-pyrrole nitrogens is 1. The molecule has 0 spiro atoms. The van der Waals surface area contributed by atoms with Crippen LogP contribution in [-0.2, 0) is 0 Å². The van der Waals surface area contributed by atoms with E-state index in [1.54, 1.807) is 6.92 Å². The van der Waals surface area contributed by atoms with Gasteiger partial charge in [-0.3, -0.25) is 9.89 Å². The SMILES string of the molecule is Cc1nc(C(=O)Nc2ccc(OC3CCCC3)cc2)n[nH]1. The van der Waals surface area contributed by atoms with Crippen molar-refractivity contribution in [3.63, 3.8) is 0 Å². The Kier molecular flexibility index (Phi) is 3.85. The zero-order valence-corrected chi connectivity index (χ0v) is 11.9. The highest BCUT2D eigenvalue weighted by Gasteiger charge is 2.16. The minimum atomic E-state index is -0.330. The lowest BCUT2D eigenvalue weighted by Crippen LogP contribution is -2.14. The van der Waals surface area contributed by atoms with E-state index in [9.17, 15) is 4.79 Å². The Balaban J connectivity index is 1.60. The van der Waals surface area contributed by atoms with Crippen molar-refractivity contribution in [1.29, 1.82) is 0 Å². The standard InChI is InChI=1S/C15H18N4O2/c1-10-16-14(19-18-10)15(20)17-11-6-8-13(9-7-11)21-12-4-2-3-5-12/h6-9,12H,2-5H2,1H3,(H,17,20)(H,16,18,19). The molecule has 1 aliphatic rings. The van der Waals surface area contributed by atoms with Gasteiger partial charge in [0.15, 0.2) is 0 Å². The topological polar surface area (TPSA) is 79.9 Å². The molecule has 0 radical (unpaired) electrons. The normalized spacial score (nSPS) is 15.1. The Labute approximate surface area is 122 Å². The number of nitrogens with zero attached hydrogens (tertiary/aromatic N) is 2. The first kappa shape index (κ1) is 13.6. The summed E-state index contributed by atoms with van der Waals surface area (Å²) in [4.78, 5) is 15.9. The van der Waals surface area contributed by atoms with E-state index in [1.165, 1.54) is 12.8 Å². The van der Waals surface area contributed by atoms with Crippen LogP contribution in [-0.4, -0.2) is 27.2 Å². The van der Waals surface area contributed by atoms with E-state index in [-0.39, 0.29) is 11.7 Å². The van der Waals surface area contributed by atoms with Crippen LogP contribution >= 0.6 is 0 Å². The molecule has 1 saturated carbocycles. The van der Waals surface area contributed by atoms with Gasteiger partial charge < -0.3 is 10.1 Å². The summed E-state index contributed by atoms with van der Waals surface area (Å²) in [6.07, 6.45) is 5.08. The largest absolute Gasteiger partial charge is 0.490 e. The molecular formula is C15H18N4O2. The predicted molar refractivity (Wildman–Crippen MR) is 78.4 cm³/mol. The molecule has 0 bridgehead atoms. The Morgan fingerprint density at radius 1 is 1.29 bits per heavy atom. The molecule has 1 fully saturated rings. The molecular weight excluding hydrogens is 268 g/mol. The molecule has 0 atom stereocenters. The minimum absolute atomic E-state index is 0.138. The summed E-state index contributed by atoms with van der Waals surface area (Å²) in [5, 5.41) is 9.22. The fourth-order valence-electron chi connectivity index (χ4n) is 2.45. The Hall–Kier alpha value is -2.37. The van der Waals surface area contributed by atoms with Gasteiger partial charge in [0.25, 0.3) is 5.91 Å². The van der Waals surface area contributed by atoms with Gasteiger partial charge in [0.05, 0.1) is 6.10 Å². The average molecular weight is 286 g/mol. The number of aromatic amines is 1. The lowest BCUT2D eigenvalue weighted by atomic mass is 10.2. The first-order chi connectivity index (χ1) is 10.2. The number of aryl methyl sites for hydroxylation is 1. The van der Waals surface area contributed by atoms with E-state index in [2.05, 4.69) is 20.5 Å². The minimum Gasteiger partial charge on any atom is -0.490 e. The van der Waals surface area contributed by atoms with E-state index in [0.717, 1.165) is 18.6 Å². The molecule has 1 heterocycles. The summed E-state index contributed by atoms with van der Waals surface area (Å²) in [7, 11) is 0. The number of anilines is 1. The van der Waals surface area contributed by atoms with Crippen molar-refractivity contribution in [2.75, 3.05) is 5.32 Å². The Bertz CT molecular complexity index is 615. The maximum absolute atomic E-state index is 11.9. The molecule has 110 valence electrons. The van der Waals surface area contributed by atoms with Gasteiger partial charge >= 0.3 is 0 Å². The second-order valence-electron chi connectivity index (χ2n) is 5.25. The quantitative estimate of drug-likeness (QED) is 0.905. The first-order valence-corrected chi connectivity index (χ1v) is 7.18. The number of aromatic nitrogens is 3. The van der Waals surface area contributed by atoms with Gasteiger partial charge in [0.2, 0.25) is 5.82 Å². The molecule has 0 saturated heterocycles. The maximum atomic E-state index is 11.9. The van der Waals surface area contributed by atoms with Crippen molar-refractivity contribution < 1.29 is 9.53 Å². The number of benzene rings is 1. The van der Waals surface area contributed by atoms with E-state index >= 15 is 0 Å². The second-order valence-corrected chi connectivity index (χ2v) is 5.25. The Morgan fingerprint density at radius 2 is 2.00 bits per heavy atom. The average Bonchev–Trinajstić information content (AvgIpc) is 3.12. The summed E-state index contributed by atoms with van der Waals surface area (Å²) < 4.78 is 5.88. The molecule has 1 aliphatic carbocycles. The number of ether oxygens (including phenoxy) is 1.